The summed E-state index contributed by atoms with van der Waals surface area (Å²) in [5, 5.41) is 2.32. The van der Waals surface area contributed by atoms with Crippen molar-refractivity contribution in [2.75, 3.05) is 19.8 Å². The number of hydrogen-bond acceptors (Lipinski definition) is 6. The molecule has 1 aromatic rings. The molecule has 7 nitrogen and oxygen atoms in total. The van der Waals surface area contributed by atoms with Gasteiger partial charge in [0.05, 0.1) is 19.8 Å². The van der Waals surface area contributed by atoms with Crippen LogP contribution in [0.1, 0.15) is 26.3 Å². The number of esters is 1. The summed E-state index contributed by atoms with van der Waals surface area (Å²) in [6, 6.07) is 6.43. The van der Waals surface area contributed by atoms with Gasteiger partial charge in [-0.3, -0.25) is 9.36 Å². The molecule has 0 aliphatic heterocycles. The lowest BCUT2D eigenvalue weighted by Crippen LogP contribution is -2.23. The number of nitrogens with one attached hydrogen (secondary N) is 1. The summed E-state index contributed by atoms with van der Waals surface area (Å²) in [5.41, 5.74) is -0.0954. The minimum absolute atomic E-state index is 0.0580. The van der Waals surface area contributed by atoms with Gasteiger partial charge in [0.15, 0.2) is 0 Å². The van der Waals surface area contributed by atoms with Crippen molar-refractivity contribution in [3.05, 3.63) is 40.5 Å². The van der Waals surface area contributed by atoms with Crippen molar-refractivity contribution in [1.29, 1.82) is 0 Å². The van der Waals surface area contributed by atoms with Gasteiger partial charge in [0, 0.05) is 10.6 Å². The summed E-state index contributed by atoms with van der Waals surface area (Å²) < 4.78 is 29.0. The van der Waals surface area contributed by atoms with E-state index in [0.29, 0.717) is 0 Å². The maximum atomic E-state index is 13.4. The van der Waals surface area contributed by atoms with Gasteiger partial charge in [-0.1, -0.05) is 29.8 Å². The van der Waals surface area contributed by atoms with Crippen LogP contribution in [-0.4, -0.2) is 32.2 Å². The second kappa shape index (κ2) is 10.4. The number of carbonyl (C=O) groups is 2. The molecule has 1 amide bonds. The number of rotatable bonds is 10. The normalized spacial score (nSPS) is 12.3. The molecule has 25 heavy (non-hydrogen) atoms. The monoisotopic (exact) mass is 389 g/mol. The van der Waals surface area contributed by atoms with E-state index in [1.54, 1.807) is 45.0 Å². The zero-order valence-electron chi connectivity index (χ0n) is 14.3. The molecule has 0 unspecified atom stereocenters. The predicted octanol–water partition coefficient (Wildman–Crippen LogP) is 3.58. The highest BCUT2D eigenvalue weighted by atomic mass is 35.5. The van der Waals surface area contributed by atoms with Crippen LogP contribution in [0.5, 0.6) is 0 Å². The Balaban J connectivity index is 3.78. The number of hydrogen-bond donors (Lipinski definition) is 1. The van der Waals surface area contributed by atoms with Crippen LogP contribution >= 0.6 is 19.2 Å². The largest absolute Gasteiger partial charge is 0.461 e. The molecule has 1 N–H and O–H groups in total. The molecule has 1 rings (SSSR count). The van der Waals surface area contributed by atoms with Crippen LogP contribution in [0.3, 0.4) is 0 Å². The van der Waals surface area contributed by atoms with Gasteiger partial charge in [-0.05, 0) is 26.8 Å². The molecule has 0 fully saturated rings. The quantitative estimate of drug-likeness (QED) is 0.284. The van der Waals surface area contributed by atoms with E-state index in [0.717, 1.165) is 0 Å². The minimum atomic E-state index is -3.97. The average molecular weight is 390 g/mol. The molecule has 9 heteroatoms. The van der Waals surface area contributed by atoms with E-state index in [9.17, 15) is 14.2 Å². The Morgan fingerprint density at radius 3 is 2.24 bits per heavy atom. The lowest BCUT2D eigenvalue weighted by atomic mass is 10.2. The number of benzene rings is 1. The molecule has 0 radical (unpaired) electrons. The van der Waals surface area contributed by atoms with E-state index in [1.807, 2.05) is 0 Å². The Kier molecular flexibility index (Phi) is 8.86. The molecule has 0 aromatic heterocycles. The fourth-order valence-corrected chi connectivity index (χ4v) is 4.29. The van der Waals surface area contributed by atoms with Gasteiger partial charge in [-0.15, -0.1) is 0 Å². The third kappa shape index (κ3) is 5.41. The Bertz CT molecular complexity index is 681. The van der Waals surface area contributed by atoms with E-state index in [2.05, 4.69) is 5.32 Å². The Morgan fingerprint density at radius 2 is 1.76 bits per heavy atom. The highest BCUT2D eigenvalue weighted by molar-refractivity contribution is 7.65. The fourth-order valence-electron chi connectivity index (χ4n) is 2.06. The van der Waals surface area contributed by atoms with Gasteiger partial charge in [-0.2, -0.15) is 0 Å². The summed E-state index contributed by atoms with van der Waals surface area (Å²) in [4.78, 5) is 23.4. The van der Waals surface area contributed by atoms with Gasteiger partial charge in [-0.25, -0.2) is 4.79 Å². The molecular weight excluding hydrogens is 369 g/mol. The first-order valence-corrected chi connectivity index (χ1v) is 9.63. The molecule has 0 aliphatic rings. The molecule has 0 spiro atoms. The first-order valence-electron chi connectivity index (χ1n) is 7.71. The van der Waals surface area contributed by atoms with Crippen LogP contribution in [0, 0.1) is 0 Å². The summed E-state index contributed by atoms with van der Waals surface area (Å²) in [6.45, 7) is 5.05. The summed E-state index contributed by atoms with van der Waals surface area (Å²) >= 11 is 6.22. The maximum absolute atomic E-state index is 13.4. The molecule has 0 aliphatic carbocycles. The van der Waals surface area contributed by atoms with Gasteiger partial charge >= 0.3 is 13.6 Å². The molecule has 0 saturated carbocycles. The van der Waals surface area contributed by atoms with Crippen molar-refractivity contribution < 1.29 is 27.9 Å². The Morgan fingerprint density at radius 1 is 1.16 bits per heavy atom. The zero-order chi connectivity index (χ0) is 18.9. The zero-order valence-corrected chi connectivity index (χ0v) is 15.9. The predicted molar refractivity (Wildman–Crippen MR) is 95.1 cm³/mol. The van der Waals surface area contributed by atoms with Crippen LogP contribution < -0.4 is 5.32 Å². The van der Waals surface area contributed by atoms with E-state index in [1.165, 1.54) is 0 Å². The third-order valence-corrected chi connectivity index (χ3v) is 5.46. The average Bonchev–Trinajstić information content (AvgIpc) is 2.56. The summed E-state index contributed by atoms with van der Waals surface area (Å²) in [6.07, 6.45) is 0.283. The Labute approximate surface area is 151 Å². The van der Waals surface area contributed by atoms with E-state index in [-0.39, 0.29) is 47.8 Å². The lowest BCUT2D eigenvalue weighted by Gasteiger charge is -2.23. The molecule has 1 aromatic carbocycles. The van der Waals surface area contributed by atoms with Crippen molar-refractivity contribution in [1.82, 2.24) is 5.32 Å². The maximum Gasteiger partial charge on any atom is 0.364 e. The summed E-state index contributed by atoms with van der Waals surface area (Å²) in [5.74, 6) is -0.871. The smallest absolute Gasteiger partial charge is 0.364 e. The molecule has 138 valence electrons. The second-order valence-electron chi connectivity index (χ2n) is 4.52. The molecule has 0 saturated heterocycles. The standard InChI is InChI=1S/C16H21ClNO6P/c1-4-22-16(20)14(18-11-19)15(12-9-7-8-10-13(12)17)25(21,23-5-2)24-6-3/h7-11H,4-6H2,1-3H3,(H,18,19)/b15-14-. The van der Waals surface area contributed by atoms with Gasteiger partial charge < -0.3 is 19.1 Å². The topological polar surface area (TPSA) is 90.9 Å². The Hall–Kier alpha value is -1.66. The second-order valence-corrected chi connectivity index (χ2v) is 6.88. The molecule has 0 bridgehead atoms. The van der Waals surface area contributed by atoms with Crippen molar-refractivity contribution >= 4 is 36.9 Å². The van der Waals surface area contributed by atoms with E-state index >= 15 is 0 Å². The van der Waals surface area contributed by atoms with Crippen molar-refractivity contribution in [2.45, 2.75) is 20.8 Å². The van der Waals surface area contributed by atoms with Crippen molar-refractivity contribution in [3.63, 3.8) is 0 Å². The minimum Gasteiger partial charge on any atom is -0.461 e. The van der Waals surface area contributed by atoms with Crippen LogP contribution in [-0.2, 0) is 27.9 Å². The third-order valence-electron chi connectivity index (χ3n) is 2.92. The first-order chi connectivity index (χ1) is 11.9. The van der Waals surface area contributed by atoms with Crippen molar-refractivity contribution in [2.24, 2.45) is 0 Å². The number of amides is 1. The van der Waals surface area contributed by atoms with Crippen LogP contribution in [0.25, 0.3) is 5.31 Å². The van der Waals surface area contributed by atoms with Crippen LogP contribution in [0.4, 0.5) is 0 Å². The molecular formula is C16H21ClNO6P. The first kappa shape index (κ1) is 21.4. The van der Waals surface area contributed by atoms with Gasteiger partial charge in [0.25, 0.3) is 0 Å². The fraction of sp³-hybridized carbons (Fsp3) is 0.375. The van der Waals surface area contributed by atoms with Gasteiger partial charge in [0.2, 0.25) is 6.41 Å². The lowest BCUT2D eigenvalue weighted by molar-refractivity contribution is -0.139. The molecule has 0 heterocycles. The molecule has 0 atom stereocenters. The van der Waals surface area contributed by atoms with Crippen LogP contribution in [0.2, 0.25) is 5.02 Å². The van der Waals surface area contributed by atoms with Crippen molar-refractivity contribution in [3.8, 4) is 0 Å². The number of carbonyl (C=O) groups excluding carboxylic acids is 2. The van der Waals surface area contributed by atoms with Crippen LogP contribution in [0.15, 0.2) is 30.0 Å². The summed E-state index contributed by atoms with van der Waals surface area (Å²) in [7, 11) is -3.97. The highest BCUT2D eigenvalue weighted by Gasteiger charge is 2.37. The highest BCUT2D eigenvalue weighted by Crippen LogP contribution is 2.62. The number of ether oxygens (including phenoxy) is 1. The van der Waals surface area contributed by atoms with Gasteiger partial charge in [0.1, 0.15) is 11.0 Å². The number of halogens is 1. The van der Waals surface area contributed by atoms with E-state index in [4.69, 9.17) is 25.4 Å². The SMILES string of the molecule is CCOC(=O)/C(NC=O)=C(\c1ccccc1Cl)P(=O)(OCC)OCC. The van der Waals surface area contributed by atoms with E-state index < -0.39 is 13.6 Å².